The summed E-state index contributed by atoms with van der Waals surface area (Å²) in [4.78, 5) is 19.6. The second kappa shape index (κ2) is 6.59. The first-order valence-corrected chi connectivity index (χ1v) is 8.00. The van der Waals surface area contributed by atoms with E-state index in [1.807, 2.05) is 49.1 Å². The van der Waals surface area contributed by atoms with Gasteiger partial charge in [0.2, 0.25) is 0 Å². The van der Waals surface area contributed by atoms with E-state index in [0.717, 1.165) is 17.1 Å². The fourth-order valence-corrected chi connectivity index (χ4v) is 3.22. The molecule has 0 aliphatic carbocycles. The lowest BCUT2D eigenvalue weighted by atomic mass is 10.1. The van der Waals surface area contributed by atoms with Crippen LogP contribution in [0.4, 0.5) is 0 Å². The number of rotatable bonds is 3. The van der Waals surface area contributed by atoms with Gasteiger partial charge in [-0.15, -0.1) is 0 Å². The van der Waals surface area contributed by atoms with Gasteiger partial charge in [0.05, 0.1) is 19.4 Å². The number of ether oxygens (including phenoxy) is 1. The van der Waals surface area contributed by atoms with E-state index >= 15 is 0 Å². The van der Waals surface area contributed by atoms with Gasteiger partial charge in [-0.1, -0.05) is 23.7 Å². The van der Waals surface area contributed by atoms with Crippen LogP contribution in [-0.4, -0.2) is 47.9 Å². The Morgan fingerprint density at radius 3 is 2.75 bits per heavy atom. The van der Waals surface area contributed by atoms with Crippen molar-refractivity contribution < 1.29 is 9.53 Å². The molecule has 6 nitrogen and oxygen atoms in total. The first kappa shape index (κ1) is 16.4. The monoisotopic (exact) mass is 346 g/mol. The second-order valence-corrected chi connectivity index (χ2v) is 6.16. The molecule has 3 rings (SSSR count). The molecule has 0 aromatic heterocycles. The van der Waals surface area contributed by atoms with Crippen molar-refractivity contribution in [3.63, 3.8) is 0 Å². The van der Waals surface area contributed by atoms with Crippen LogP contribution in [0.15, 0.2) is 46.3 Å². The Morgan fingerprint density at radius 1 is 1.42 bits per heavy atom. The Bertz CT molecular complexity index is 750. The third-order valence-corrected chi connectivity index (χ3v) is 4.33. The summed E-state index contributed by atoms with van der Waals surface area (Å²) in [6.07, 6.45) is -0.147. The molecule has 2 heterocycles. The van der Waals surface area contributed by atoms with E-state index < -0.39 is 0 Å². The van der Waals surface area contributed by atoms with Gasteiger partial charge in [0, 0.05) is 13.6 Å². The first-order valence-electron chi connectivity index (χ1n) is 7.62. The number of nitrogens with one attached hydrogen (secondary N) is 1. The molecule has 1 N–H and O–H groups in total. The normalized spacial score (nSPS) is 20.2. The number of hydrogen-bond acceptors (Lipinski definition) is 6. The second-order valence-electron chi connectivity index (χ2n) is 5.80. The Kier molecular flexibility index (Phi) is 4.51. The van der Waals surface area contributed by atoms with Crippen LogP contribution in [0.1, 0.15) is 12.5 Å². The van der Waals surface area contributed by atoms with Crippen LogP contribution >= 0.6 is 11.6 Å². The highest BCUT2D eigenvalue weighted by molar-refractivity contribution is 6.70. The van der Waals surface area contributed by atoms with Crippen molar-refractivity contribution in [1.82, 2.24) is 15.1 Å². The molecule has 0 saturated heterocycles. The number of allylic oxidation sites excluding steroid dienone is 1. The summed E-state index contributed by atoms with van der Waals surface area (Å²) >= 11 is 6.31. The zero-order valence-corrected chi connectivity index (χ0v) is 14.6. The van der Waals surface area contributed by atoms with Crippen LogP contribution in [0.5, 0.6) is 5.75 Å². The molecule has 1 aromatic carbocycles. The maximum Gasteiger partial charge on any atom is 0.151 e. The Morgan fingerprint density at radius 2 is 2.12 bits per heavy atom. The lowest BCUT2D eigenvalue weighted by molar-refractivity contribution is 0.184. The average molecular weight is 347 g/mol. The van der Waals surface area contributed by atoms with E-state index in [0.29, 0.717) is 29.7 Å². The molecule has 0 bridgehead atoms. The summed E-state index contributed by atoms with van der Waals surface area (Å²) in [5, 5.41) is 3.64. The number of methoxy groups -OCH3 is 1. The quantitative estimate of drug-likeness (QED) is 0.847. The van der Waals surface area contributed by atoms with Gasteiger partial charge in [0.1, 0.15) is 28.6 Å². The zero-order chi connectivity index (χ0) is 17.3. The minimum absolute atomic E-state index is 0.147. The molecule has 0 spiro atoms. The summed E-state index contributed by atoms with van der Waals surface area (Å²) in [7, 11) is 3.49. The van der Waals surface area contributed by atoms with E-state index in [4.69, 9.17) is 16.3 Å². The number of aliphatic imine (C=N–C) groups is 1. The van der Waals surface area contributed by atoms with Gasteiger partial charge in [-0.25, -0.2) is 9.79 Å². The van der Waals surface area contributed by atoms with E-state index in [1.165, 1.54) is 0 Å². The van der Waals surface area contributed by atoms with Gasteiger partial charge < -0.3 is 19.9 Å². The number of halogens is 1. The number of hydrogen-bond donors (Lipinski definition) is 1. The van der Waals surface area contributed by atoms with E-state index in [9.17, 15) is 4.79 Å². The summed E-state index contributed by atoms with van der Waals surface area (Å²) in [6, 6.07) is 7.90. The van der Waals surface area contributed by atoms with Gasteiger partial charge in [-0.05, 0) is 24.6 Å². The molecule has 0 radical (unpaired) electrons. The van der Waals surface area contributed by atoms with E-state index in [2.05, 4.69) is 15.2 Å². The zero-order valence-electron chi connectivity index (χ0n) is 13.8. The molecule has 0 fully saturated rings. The molecule has 0 saturated carbocycles. The molecule has 2 aliphatic heterocycles. The van der Waals surface area contributed by atoms with Crippen LogP contribution in [0.2, 0.25) is 0 Å². The number of benzene rings is 1. The van der Waals surface area contributed by atoms with Crippen molar-refractivity contribution in [2.75, 3.05) is 20.8 Å². The maximum atomic E-state index is 11.4. The summed E-state index contributed by atoms with van der Waals surface area (Å²) < 4.78 is 5.20. The lowest BCUT2D eigenvalue weighted by Crippen LogP contribution is -2.49. The number of likely N-dealkylation sites (N-methyl/N-ethyl adjacent to an activating group) is 1. The van der Waals surface area contributed by atoms with Crippen LogP contribution in [0.25, 0.3) is 0 Å². The Balaban J connectivity index is 1.96. The third-order valence-electron chi connectivity index (χ3n) is 4.04. The SMILES string of the molecule is COc1ccc(CN2CN(C)C(=C=O)C3=C2NC(C)N=C3Cl)cc1. The minimum atomic E-state index is -0.147. The van der Waals surface area contributed by atoms with Gasteiger partial charge >= 0.3 is 0 Å². The molecule has 126 valence electrons. The maximum absolute atomic E-state index is 11.4. The fourth-order valence-electron chi connectivity index (χ4n) is 2.89. The molecule has 24 heavy (non-hydrogen) atoms. The lowest BCUT2D eigenvalue weighted by Gasteiger charge is -2.41. The first-order chi connectivity index (χ1) is 11.5. The molecule has 1 aromatic rings. The molecule has 1 atom stereocenters. The molecule has 0 amide bonds. The molecule has 1 unspecified atom stereocenters. The van der Waals surface area contributed by atoms with Crippen molar-refractivity contribution in [2.24, 2.45) is 4.99 Å². The Hall–Kier alpha value is -2.43. The number of nitrogens with zero attached hydrogens (tertiary/aromatic N) is 3. The summed E-state index contributed by atoms with van der Waals surface area (Å²) in [5.41, 5.74) is 2.15. The predicted octanol–water partition coefficient (Wildman–Crippen LogP) is 1.91. The fraction of sp³-hybridized carbons (Fsp3) is 0.353. The number of carbonyl (C=O) groups excluding carboxylic acids is 1. The van der Waals surface area contributed by atoms with Crippen molar-refractivity contribution in [2.45, 2.75) is 19.6 Å². The third kappa shape index (κ3) is 2.98. The van der Waals surface area contributed by atoms with Gasteiger partial charge in [0.15, 0.2) is 5.94 Å². The van der Waals surface area contributed by atoms with Crippen LogP contribution in [-0.2, 0) is 11.3 Å². The molecule has 2 aliphatic rings. The molecular formula is C17H19ClN4O2. The topological polar surface area (TPSA) is 57.2 Å². The van der Waals surface area contributed by atoms with Crippen molar-refractivity contribution in [1.29, 1.82) is 0 Å². The highest BCUT2D eigenvalue weighted by Crippen LogP contribution is 2.30. The highest BCUT2D eigenvalue weighted by Gasteiger charge is 2.33. The average Bonchev–Trinajstić information content (AvgIpc) is 2.56. The largest absolute Gasteiger partial charge is 0.497 e. The van der Waals surface area contributed by atoms with Crippen molar-refractivity contribution in [3.8, 4) is 5.75 Å². The minimum Gasteiger partial charge on any atom is -0.497 e. The van der Waals surface area contributed by atoms with E-state index in [1.54, 1.807) is 7.11 Å². The standard InChI is InChI=1S/C17H19ClN4O2/c1-11-19-16(18)15-14(9-23)21(2)10-22(17(15)20-11)8-12-4-6-13(24-3)7-5-12/h4-7,11,20H,8,10H2,1-3H3. The highest BCUT2D eigenvalue weighted by atomic mass is 35.5. The van der Waals surface area contributed by atoms with Crippen molar-refractivity contribution in [3.05, 3.63) is 46.9 Å². The Labute approximate surface area is 146 Å². The molecular weight excluding hydrogens is 328 g/mol. The van der Waals surface area contributed by atoms with Crippen LogP contribution in [0, 0.1) is 0 Å². The van der Waals surface area contributed by atoms with Crippen LogP contribution < -0.4 is 10.1 Å². The van der Waals surface area contributed by atoms with Gasteiger partial charge in [0.25, 0.3) is 0 Å². The summed E-state index contributed by atoms with van der Waals surface area (Å²) in [6.45, 7) is 3.14. The van der Waals surface area contributed by atoms with Gasteiger partial charge in [-0.3, -0.25) is 0 Å². The predicted molar refractivity (Wildman–Crippen MR) is 93.3 cm³/mol. The van der Waals surface area contributed by atoms with E-state index in [-0.39, 0.29) is 6.17 Å². The summed E-state index contributed by atoms with van der Waals surface area (Å²) in [5.74, 6) is 3.62. The smallest absolute Gasteiger partial charge is 0.151 e. The molecule has 7 heteroatoms. The van der Waals surface area contributed by atoms with Gasteiger partial charge in [-0.2, -0.15) is 0 Å². The van der Waals surface area contributed by atoms with Crippen LogP contribution in [0.3, 0.4) is 0 Å². The van der Waals surface area contributed by atoms with Crippen molar-refractivity contribution >= 4 is 22.7 Å².